The number of fused-ring (bicyclic) bond motifs is 1. The average molecular weight is 406 g/mol. The molecule has 28 heavy (non-hydrogen) atoms. The van der Waals surface area contributed by atoms with E-state index in [2.05, 4.69) is 5.32 Å². The lowest BCUT2D eigenvalue weighted by Crippen LogP contribution is -2.44. The molecule has 0 radical (unpaired) electrons. The molecule has 1 aromatic carbocycles. The van der Waals surface area contributed by atoms with E-state index in [1.165, 1.54) is 18.4 Å². The Hall–Kier alpha value is -2.68. The Morgan fingerprint density at radius 3 is 2.64 bits per heavy atom. The van der Waals surface area contributed by atoms with Gasteiger partial charge in [-0.2, -0.15) is 0 Å². The zero-order chi connectivity index (χ0) is 19.6. The van der Waals surface area contributed by atoms with Gasteiger partial charge in [0.1, 0.15) is 11.0 Å². The van der Waals surface area contributed by atoms with Gasteiger partial charge in [0, 0.05) is 25.7 Å². The first-order valence-electron chi connectivity index (χ1n) is 9.25. The number of amides is 2. The number of rotatable bonds is 5. The summed E-state index contributed by atoms with van der Waals surface area (Å²) in [6.07, 6.45) is 4.45. The zero-order valence-electron chi connectivity index (χ0n) is 15.3. The smallest absolute Gasteiger partial charge is 0.317 e. The Morgan fingerprint density at radius 2 is 1.89 bits per heavy atom. The number of likely N-dealkylation sites (tertiary alicyclic amines) is 1. The maximum absolute atomic E-state index is 13.3. The fourth-order valence-electron chi connectivity index (χ4n) is 3.44. The summed E-state index contributed by atoms with van der Waals surface area (Å²) >= 11 is 0. The second-order valence-corrected chi connectivity index (χ2v) is 8.93. The van der Waals surface area contributed by atoms with Crippen LogP contribution in [0.3, 0.4) is 0 Å². The first kappa shape index (κ1) is 18.7. The summed E-state index contributed by atoms with van der Waals surface area (Å²) in [5.74, 6) is 1.17. The zero-order valence-corrected chi connectivity index (χ0v) is 16.1. The molecule has 8 nitrogen and oxygen atoms in total. The Bertz CT molecular complexity index is 935. The standard InChI is InChI=1S/C19H22N2O6S/c22-19(21-8-2-1-3-9-21)20-12-18(16-5-4-10-25-16)28(23,24)14-6-7-15-17(11-14)27-13-26-15/h4-7,10-11,18H,1-3,8-9,12-13H2,(H,20,22)/t18-/m0/s1. The second kappa shape index (κ2) is 7.75. The first-order valence-corrected chi connectivity index (χ1v) is 10.8. The monoisotopic (exact) mass is 406 g/mol. The summed E-state index contributed by atoms with van der Waals surface area (Å²) in [7, 11) is -3.83. The van der Waals surface area contributed by atoms with Crippen molar-refractivity contribution in [3.05, 3.63) is 42.4 Å². The van der Waals surface area contributed by atoms with Gasteiger partial charge in [-0.1, -0.05) is 0 Å². The van der Waals surface area contributed by atoms with Crippen molar-refractivity contribution in [2.45, 2.75) is 29.4 Å². The molecule has 0 saturated carbocycles. The lowest BCUT2D eigenvalue weighted by Gasteiger charge is -2.27. The van der Waals surface area contributed by atoms with Crippen molar-refractivity contribution in [3.63, 3.8) is 0 Å². The van der Waals surface area contributed by atoms with Crippen molar-refractivity contribution < 1.29 is 27.1 Å². The van der Waals surface area contributed by atoms with Crippen LogP contribution in [0.25, 0.3) is 0 Å². The molecule has 2 aliphatic heterocycles. The number of urea groups is 1. The van der Waals surface area contributed by atoms with Crippen molar-refractivity contribution >= 4 is 15.9 Å². The molecular weight excluding hydrogens is 384 g/mol. The van der Waals surface area contributed by atoms with Crippen LogP contribution in [0.15, 0.2) is 45.9 Å². The number of nitrogens with zero attached hydrogens (tertiary/aromatic N) is 1. The summed E-state index contributed by atoms with van der Waals surface area (Å²) in [6.45, 7) is 1.35. The molecule has 2 amide bonds. The third kappa shape index (κ3) is 3.66. The van der Waals surface area contributed by atoms with E-state index in [0.717, 1.165) is 19.3 Å². The third-order valence-electron chi connectivity index (χ3n) is 4.99. The van der Waals surface area contributed by atoms with Gasteiger partial charge in [-0.3, -0.25) is 0 Å². The summed E-state index contributed by atoms with van der Waals surface area (Å²) < 4.78 is 42.5. The van der Waals surface area contributed by atoms with Crippen LogP contribution in [0, 0.1) is 0 Å². The molecule has 1 N–H and O–H groups in total. The van der Waals surface area contributed by atoms with Crippen molar-refractivity contribution in [2.75, 3.05) is 26.4 Å². The van der Waals surface area contributed by atoms with Gasteiger partial charge in [-0.15, -0.1) is 0 Å². The maximum Gasteiger partial charge on any atom is 0.317 e. The van der Waals surface area contributed by atoms with Crippen molar-refractivity contribution in [1.82, 2.24) is 10.2 Å². The van der Waals surface area contributed by atoms with Crippen LogP contribution in [-0.2, 0) is 9.84 Å². The Balaban J connectivity index is 1.56. The highest BCUT2D eigenvalue weighted by atomic mass is 32.2. The Morgan fingerprint density at radius 1 is 1.11 bits per heavy atom. The summed E-state index contributed by atoms with van der Waals surface area (Å²) in [4.78, 5) is 14.2. The number of piperidine rings is 1. The fourth-order valence-corrected chi connectivity index (χ4v) is 5.04. The van der Waals surface area contributed by atoms with Crippen LogP contribution in [0.1, 0.15) is 30.3 Å². The van der Waals surface area contributed by atoms with Gasteiger partial charge in [-0.05, 0) is 43.5 Å². The van der Waals surface area contributed by atoms with Crippen LogP contribution in [0.4, 0.5) is 4.79 Å². The molecule has 2 aromatic rings. The number of hydrogen-bond acceptors (Lipinski definition) is 6. The predicted molar refractivity (Wildman–Crippen MR) is 100 cm³/mol. The normalized spacial score (nSPS) is 17.4. The van der Waals surface area contributed by atoms with Crippen LogP contribution in [0.2, 0.25) is 0 Å². The van der Waals surface area contributed by atoms with Crippen LogP contribution in [0.5, 0.6) is 11.5 Å². The highest BCUT2D eigenvalue weighted by Crippen LogP contribution is 2.37. The third-order valence-corrected chi connectivity index (χ3v) is 7.05. The first-order chi connectivity index (χ1) is 13.6. The second-order valence-electron chi connectivity index (χ2n) is 6.80. The molecule has 9 heteroatoms. The lowest BCUT2D eigenvalue weighted by molar-refractivity contribution is 0.174. The van der Waals surface area contributed by atoms with E-state index in [4.69, 9.17) is 13.9 Å². The predicted octanol–water partition coefficient (Wildman–Crippen LogP) is 2.72. The largest absolute Gasteiger partial charge is 0.468 e. The molecule has 0 spiro atoms. The maximum atomic E-state index is 13.3. The van der Waals surface area contributed by atoms with Crippen molar-refractivity contribution in [2.24, 2.45) is 0 Å². The SMILES string of the molecule is O=C(NC[C@@H](c1ccco1)S(=O)(=O)c1ccc2c(c1)OCO2)N1CCCCC1. The average Bonchev–Trinajstić information content (AvgIpc) is 3.40. The number of sulfone groups is 1. The number of carbonyl (C=O) groups is 1. The molecule has 1 aromatic heterocycles. The van der Waals surface area contributed by atoms with Gasteiger partial charge >= 0.3 is 6.03 Å². The number of furan rings is 1. The van der Waals surface area contributed by atoms with Gasteiger partial charge in [0.2, 0.25) is 6.79 Å². The van der Waals surface area contributed by atoms with E-state index < -0.39 is 15.1 Å². The molecule has 1 fully saturated rings. The molecule has 0 bridgehead atoms. The minimum atomic E-state index is -3.83. The van der Waals surface area contributed by atoms with E-state index in [0.29, 0.717) is 24.6 Å². The highest BCUT2D eigenvalue weighted by Gasteiger charge is 2.33. The molecule has 4 rings (SSSR count). The van der Waals surface area contributed by atoms with Gasteiger partial charge in [0.05, 0.1) is 11.2 Å². The Kier molecular flexibility index (Phi) is 5.17. The Labute approximate surface area is 163 Å². The van der Waals surface area contributed by atoms with Crippen LogP contribution in [-0.4, -0.2) is 45.8 Å². The van der Waals surface area contributed by atoms with Gasteiger partial charge in [0.15, 0.2) is 21.3 Å². The van der Waals surface area contributed by atoms with E-state index in [1.54, 1.807) is 23.1 Å². The molecule has 2 aliphatic rings. The fraction of sp³-hybridized carbons (Fsp3) is 0.421. The quantitative estimate of drug-likeness (QED) is 0.820. The summed E-state index contributed by atoms with van der Waals surface area (Å²) in [5, 5.41) is 1.72. The number of nitrogens with one attached hydrogen (secondary N) is 1. The van der Waals surface area contributed by atoms with E-state index in [1.807, 2.05) is 0 Å². The van der Waals surface area contributed by atoms with E-state index in [-0.39, 0.29) is 30.0 Å². The van der Waals surface area contributed by atoms with E-state index >= 15 is 0 Å². The van der Waals surface area contributed by atoms with Crippen LogP contribution < -0.4 is 14.8 Å². The lowest BCUT2D eigenvalue weighted by atomic mass is 10.1. The highest BCUT2D eigenvalue weighted by molar-refractivity contribution is 7.91. The summed E-state index contributed by atoms with van der Waals surface area (Å²) in [5.41, 5.74) is 0. The number of ether oxygens (including phenoxy) is 2. The molecule has 0 aliphatic carbocycles. The molecule has 3 heterocycles. The minimum Gasteiger partial charge on any atom is -0.468 e. The molecular formula is C19H22N2O6S. The number of benzene rings is 1. The number of hydrogen-bond donors (Lipinski definition) is 1. The van der Waals surface area contributed by atoms with Gasteiger partial charge in [-0.25, -0.2) is 13.2 Å². The number of carbonyl (C=O) groups excluding carboxylic acids is 1. The van der Waals surface area contributed by atoms with E-state index in [9.17, 15) is 13.2 Å². The van der Waals surface area contributed by atoms with Crippen molar-refractivity contribution in [3.8, 4) is 11.5 Å². The molecule has 1 atom stereocenters. The molecule has 0 unspecified atom stereocenters. The summed E-state index contributed by atoms with van der Waals surface area (Å²) in [6, 6.07) is 7.47. The minimum absolute atomic E-state index is 0.0618. The van der Waals surface area contributed by atoms with Gasteiger partial charge < -0.3 is 24.1 Å². The molecule has 1 saturated heterocycles. The topological polar surface area (TPSA) is 98.1 Å². The molecule has 150 valence electrons. The van der Waals surface area contributed by atoms with Crippen molar-refractivity contribution in [1.29, 1.82) is 0 Å². The van der Waals surface area contributed by atoms with Gasteiger partial charge in [0.25, 0.3) is 0 Å². The van der Waals surface area contributed by atoms with Crippen LogP contribution >= 0.6 is 0 Å².